The van der Waals surface area contributed by atoms with Gasteiger partial charge in [-0.15, -0.1) is 0 Å². The fourth-order valence-corrected chi connectivity index (χ4v) is 3.50. The molecule has 1 atom stereocenters. The SMILES string of the molecule is Cc1ccccc1NC(=O)N(Cc1ccc(C(C)(C)C)cc1)C(C)c1ccccc1. The molecule has 3 rings (SSSR count). The van der Waals surface area contributed by atoms with Crippen LogP contribution in [0.15, 0.2) is 78.9 Å². The van der Waals surface area contributed by atoms with Gasteiger partial charge in [0.2, 0.25) is 0 Å². The predicted octanol–water partition coefficient (Wildman–Crippen LogP) is 7.09. The lowest BCUT2D eigenvalue weighted by molar-refractivity contribution is 0.189. The predicted molar refractivity (Wildman–Crippen MR) is 126 cm³/mol. The Bertz CT molecular complexity index is 972. The fourth-order valence-electron chi connectivity index (χ4n) is 3.50. The van der Waals surface area contributed by atoms with E-state index in [4.69, 9.17) is 0 Å². The van der Waals surface area contributed by atoms with Gasteiger partial charge in [-0.1, -0.05) is 93.6 Å². The Morgan fingerprint density at radius 1 is 0.900 bits per heavy atom. The Morgan fingerprint density at radius 3 is 2.10 bits per heavy atom. The summed E-state index contributed by atoms with van der Waals surface area (Å²) in [4.78, 5) is 15.2. The molecule has 0 aliphatic heterocycles. The van der Waals surface area contributed by atoms with Crippen LogP contribution in [0.3, 0.4) is 0 Å². The van der Waals surface area contributed by atoms with Crippen LogP contribution in [0, 0.1) is 6.92 Å². The first-order chi connectivity index (χ1) is 14.3. The molecule has 30 heavy (non-hydrogen) atoms. The average Bonchev–Trinajstić information content (AvgIpc) is 2.73. The zero-order valence-corrected chi connectivity index (χ0v) is 18.6. The highest BCUT2D eigenvalue weighted by atomic mass is 16.2. The Labute approximate surface area is 180 Å². The number of para-hydroxylation sites is 1. The maximum Gasteiger partial charge on any atom is 0.322 e. The topological polar surface area (TPSA) is 32.3 Å². The molecule has 3 aromatic rings. The maximum absolute atomic E-state index is 13.3. The van der Waals surface area contributed by atoms with Crippen molar-refractivity contribution >= 4 is 11.7 Å². The number of carbonyl (C=O) groups is 1. The van der Waals surface area contributed by atoms with Crippen LogP contribution in [0.5, 0.6) is 0 Å². The van der Waals surface area contributed by atoms with E-state index < -0.39 is 0 Å². The van der Waals surface area contributed by atoms with Gasteiger partial charge >= 0.3 is 6.03 Å². The molecule has 3 heteroatoms. The standard InChI is InChI=1S/C27H32N2O/c1-20-11-9-10-14-25(20)28-26(30)29(21(2)23-12-7-6-8-13-23)19-22-15-17-24(18-16-22)27(3,4)5/h6-18,21H,19H2,1-5H3,(H,28,30). The summed E-state index contributed by atoms with van der Waals surface area (Å²) in [6.07, 6.45) is 0. The second-order valence-corrected chi connectivity index (χ2v) is 8.91. The molecular weight excluding hydrogens is 368 g/mol. The van der Waals surface area contributed by atoms with Crippen molar-refractivity contribution in [3.8, 4) is 0 Å². The van der Waals surface area contributed by atoms with Crippen LogP contribution in [0.4, 0.5) is 10.5 Å². The molecule has 0 aromatic heterocycles. The molecule has 1 unspecified atom stereocenters. The number of aryl methyl sites for hydroxylation is 1. The van der Waals surface area contributed by atoms with Crippen LogP contribution in [0.2, 0.25) is 0 Å². The van der Waals surface area contributed by atoms with Crippen molar-refractivity contribution in [2.45, 2.75) is 52.6 Å². The first kappa shape index (κ1) is 21.6. The third-order valence-electron chi connectivity index (χ3n) is 5.57. The van der Waals surface area contributed by atoms with E-state index in [9.17, 15) is 4.79 Å². The molecule has 0 aliphatic rings. The monoisotopic (exact) mass is 400 g/mol. The van der Waals surface area contributed by atoms with E-state index in [1.807, 2.05) is 54.3 Å². The van der Waals surface area contributed by atoms with E-state index >= 15 is 0 Å². The minimum Gasteiger partial charge on any atom is -0.313 e. The molecule has 0 bridgehead atoms. The number of amides is 2. The molecule has 1 N–H and O–H groups in total. The number of urea groups is 1. The lowest BCUT2D eigenvalue weighted by atomic mass is 9.86. The minimum absolute atomic E-state index is 0.0579. The summed E-state index contributed by atoms with van der Waals surface area (Å²) in [6, 6.07) is 26.5. The minimum atomic E-state index is -0.0967. The molecule has 0 saturated heterocycles. The number of rotatable bonds is 5. The zero-order valence-electron chi connectivity index (χ0n) is 18.6. The van der Waals surface area contributed by atoms with Crippen LogP contribution in [0.1, 0.15) is 56.0 Å². The lowest BCUT2D eigenvalue weighted by Gasteiger charge is -2.30. The molecule has 0 fully saturated rings. The number of anilines is 1. The van der Waals surface area contributed by atoms with Crippen LogP contribution >= 0.6 is 0 Å². The van der Waals surface area contributed by atoms with Gasteiger partial charge in [-0.05, 0) is 47.6 Å². The van der Waals surface area contributed by atoms with Gasteiger partial charge in [-0.2, -0.15) is 0 Å². The lowest BCUT2D eigenvalue weighted by Crippen LogP contribution is -2.36. The second kappa shape index (κ2) is 9.17. The third kappa shape index (κ3) is 5.29. The van der Waals surface area contributed by atoms with Crippen LogP contribution in [-0.4, -0.2) is 10.9 Å². The van der Waals surface area contributed by atoms with Gasteiger partial charge in [0.05, 0.1) is 6.04 Å². The molecule has 156 valence electrons. The van der Waals surface area contributed by atoms with Gasteiger partial charge < -0.3 is 10.2 Å². The summed E-state index contributed by atoms with van der Waals surface area (Å²) in [7, 11) is 0. The molecular formula is C27H32N2O. The Balaban J connectivity index is 1.87. The number of benzene rings is 3. The number of nitrogens with one attached hydrogen (secondary N) is 1. The van der Waals surface area contributed by atoms with Gasteiger partial charge in [0.25, 0.3) is 0 Å². The molecule has 3 aromatic carbocycles. The van der Waals surface area contributed by atoms with Gasteiger partial charge in [-0.3, -0.25) is 0 Å². The molecule has 0 aliphatic carbocycles. The van der Waals surface area contributed by atoms with Gasteiger partial charge in [0, 0.05) is 12.2 Å². The van der Waals surface area contributed by atoms with Gasteiger partial charge in [0.15, 0.2) is 0 Å². The molecule has 0 heterocycles. The summed E-state index contributed by atoms with van der Waals surface area (Å²) >= 11 is 0. The highest BCUT2D eigenvalue weighted by Crippen LogP contribution is 2.26. The fraction of sp³-hybridized carbons (Fsp3) is 0.296. The van der Waals surface area contributed by atoms with Crippen molar-refractivity contribution < 1.29 is 4.79 Å². The number of hydrogen-bond donors (Lipinski definition) is 1. The molecule has 0 saturated carbocycles. The number of hydrogen-bond acceptors (Lipinski definition) is 1. The summed E-state index contributed by atoms with van der Waals surface area (Å²) in [5, 5.41) is 3.10. The second-order valence-electron chi connectivity index (χ2n) is 8.91. The van der Waals surface area contributed by atoms with Crippen molar-refractivity contribution in [2.24, 2.45) is 0 Å². The van der Waals surface area contributed by atoms with E-state index in [-0.39, 0.29) is 17.5 Å². The Kier molecular flexibility index (Phi) is 6.61. The molecule has 0 radical (unpaired) electrons. The van der Waals surface area contributed by atoms with Crippen molar-refractivity contribution in [1.82, 2.24) is 4.90 Å². The van der Waals surface area contributed by atoms with Crippen LogP contribution in [0.25, 0.3) is 0 Å². The van der Waals surface area contributed by atoms with Crippen molar-refractivity contribution in [3.05, 3.63) is 101 Å². The molecule has 3 nitrogen and oxygen atoms in total. The van der Waals surface area contributed by atoms with E-state index in [2.05, 4.69) is 69.4 Å². The number of nitrogens with zero attached hydrogens (tertiary/aromatic N) is 1. The molecule has 2 amide bonds. The summed E-state index contributed by atoms with van der Waals surface area (Å²) in [5.41, 5.74) is 5.52. The summed E-state index contributed by atoms with van der Waals surface area (Å²) < 4.78 is 0. The first-order valence-electron chi connectivity index (χ1n) is 10.5. The Morgan fingerprint density at radius 2 is 1.50 bits per heavy atom. The van der Waals surface area contributed by atoms with E-state index in [1.165, 1.54) is 5.56 Å². The largest absolute Gasteiger partial charge is 0.322 e. The normalized spacial score (nSPS) is 12.3. The van der Waals surface area contributed by atoms with E-state index in [1.54, 1.807) is 0 Å². The Hall–Kier alpha value is -3.07. The highest BCUT2D eigenvalue weighted by Gasteiger charge is 2.23. The van der Waals surface area contributed by atoms with Crippen molar-refractivity contribution in [2.75, 3.05) is 5.32 Å². The van der Waals surface area contributed by atoms with Crippen molar-refractivity contribution in [3.63, 3.8) is 0 Å². The van der Waals surface area contributed by atoms with E-state index in [0.29, 0.717) is 6.54 Å². The summed E-state index contributed by atoms with van der Waals surface area (Å²) in [6.45, 7) is 11.3. The quantitative estimate of drug-likeness (QED) is 0.487. The first-order valence-corrected chi connectivity index (χ1v) is 10.5. The van der Waals surface area contributed by atoms with Crippen LogP contribution < -0.4 is 5.32 Å². The van der Waals surface area contributed by atoms with E-state index in [0.717, 1.165) is 22.4 Å². The van der Waals surface area contributed by atoms with Crippen molar-refractivity contribution in [1.29, 1.82) is 0 Å². The maximum atomic E-state index is 13.3. The highest BCUT2D eigenvalue weighted by molar-refractivity contribution is 5.90. The zero-order chi connectivity index (χ0) is 21.7. The summed E-state index contributed by atoms with van der Waals surface area (Å²) in [5.74, 6) is 0. The van der Waals surface area contributed by atoms with Crippen LogP contribution in [-0.2, 0) is 12.0 Å². The van der Waals surface area contributed by atoms with Gasteiger partial charge in [-0.25, -0.2) is 4.79 Å². The molecule has 0 spiro atoms. The third-order valence-corrected chi connectivity index (χ3v) is 5.57. The smallest absolute Gasteiger partial charge is 0.313 e. The average molecular weight is 401 g/mol. The number of carbonyl (C=O) groups excluding carboxylic acids is 1. The van der Waals surface area contributed by atoms with Gasteiger partial charge in [0.1, 0.15) is 0 Å².